The van der Waals surface area contributed by atoms with Crippen molar-refractivity contribution in [2.75, 3.05) is 52.5 Å². The van der Waals surface area contributed by atoms with Crippen LogP contribution in [0.2, 0.25) is 0 Å². The molecular weight excluding hydrogens is 373 g/mol. The van der Waals surface area contributed by atoms with E-state index in [9.17, 15) is 0 Å². The Morgan fingerprint density at radius 3 is 2.73 bits per heavy atom. The zero-order valence-corrected chi connectivity index (χ0v) is 17.1. The molecule has 0 aromatic heterocycles. The van der Waals surface area contributed by atoms with Gasteiger partial charge in [-0.1, -0.05) is 18.2 Å². The number of unbranched alkanes of at least 4 members (excludes halogenated alkanes) is 1. The maximum absolute atomic E-state index is 6.04. The van der Waals surface area contributed by atoms with Crippen LogP contribution in [0.4, 0.5) is 0 Å². The lowest BCUT2D eigenvalue weighted by Crippen LogP contribution is -2.36. The van der Waals surface area contributed by atoms with Crippen molar-refractivity contribution in [1.82, 2.24) is 15.5 Å². The molecule has 1 aromatic carbocycles. The summed E-state index contributed by atoms with van der Waals surface area (Å²) in [6, 6.07) is 9.00. The molecule has 0 radical (unpaired) electrons. The zero-order chi connectivity index (χ0) is 16.5. The number of nitrogens with one attached hydrogen (secondary N) is 2. The SMILES string of the molecule is Cl.Cl.c1ccc(OCCCCN2CCOCC2)c(CNC2CCNC2)c1. The Balaban J connectivity index is 0.00000169. The van der Waals surface area contributed by atoms with Crippen molar-refractivity contribution in [2.45, 2.75) is 31.8 Å². The number of ether oxygens (including phenoxy) is 2. The van der Waals surface area contributed by atoms with Gasteiger partial charge < -0.3 is 20.1 Å². The van der Waals surface area contributed by atoms with Gasteiger partial charge in [-0.3, -0.25) is 4.90 Å². The number of benzene rings is 1. The summed E-state index contributed by atoms with van der Waals surface area (Å²) in [7, 11) is 0. The van der Waals surface area contributed by atoms with E-state index in [4.69, 9.17) is 9.47 Å². The van der Waals surface area contributed by atoms with Gasteiger partial charge in [0, 0.05) is 37.8 Å². The minimum atomic E-state index is 0. The number of morpholine rings is 1. The topological polar surface area (TPSA) is 45.8 Å². The lowest BCUT2D eigenvalue weighted by molar-refractivity contribution is 0.0368. The predicted molar refractivity (Wildman–Crippen MR) is 111 cm³/mol. The van der Waals surface area contributed by atoms with Crippen molar-refractivity contribution in [3.8, 4) is 5.75 Å². The lowest BCUT2D eigenvalue weighted by atomic mass is 10.1. The third kappa shape index (κ3) is 7.99. The number of halogens is 2. The molecule has 150 valence electrons. The molecule has 3 rings (SSSR count). The minimum absolute atomic E-state index is 0. The Bertz CT molecular complexity index is 482. The van der Waals surface area contributed by atoms with E-state index in [1.165, 1.54) is 18.4 Å². The van der Waals surface area contributed by atoms with Crippen LogP contribution in [0.3, 0.4) is 0 Å². The van der Waals surface area contributed by atoms with Gasteiger partial charge >= 0.3 is 0 Å². The van der Waals surface area contributed by atoms with Crippen molar-refractivity contribution in [2.24, 2.45) is 0 Å². The maximum atomic E-state index is 6.04. The summed E-state index contributed by atoms with van der Waals surface area (Å²) in [4.78, 5) is 2.48. The van der Waals surface area contributed by atoms with Crippen LogP contribution < -0.4 is 15.4 Å². The first-order chi connectivity index (χ1) is 11.9. The number of rotatable bonds is 9. The molecule has 1 atom stereocenters. The van der Waals surface area contributed by atoms with E-state index < -0.39 is 0 Å². The highest BCUT2D eigenvalue weighted by atomic mass is 35.5. The molecule has 1 unspecified atom stereocenters. The Morgan fingerprint density at radius 2 is 1.96 bits per heavy atom. The highest BCUT2D eigenvalue weighted by Crippen LogP contribution is 2.18. The quantitative estimate of drug-likeness (QED) is 0.617. The summed E-state index contributed by atoms with van der Waals surface area (Å²) in [5, 5.41) is 7.01. The van der Waals surface area contributed by atoms with Crippen LogP contribution in [0.25, 0.3) is 0 Å². The summed E-state index contributed by atoms with van der Waals surface area (Å²) in [5.41, 5.74) is 1.26. The minimum Gasteiger partial charge on any atom is -0.493 e. The highest BCUT2D eigenvalue weighted by molar-refractivity contribution is 5.85. The number of hydrogen-bond donors (Lipinski definition) is 2. The molecule has 26 heavy (non-hydrogen) atoms. The number of para-hydroxylation sites is 1. The first-order valence-electron chi connectivity index (χ1n) is 9.37. The zero-order valence-electron chi connectivity index (χ0n) is 15.5. The van der Waals surface area contributed by atoms with Crippen LogP contribution in [0, 0.1) is 0 Å². The van der Waals surface area contributed by atoms with E-state index >= 15 is 0 Å². The van der Waals surface area contributed by atoms with E-state index in [0.717, 1.165) is 71.3 Å². The fourth-order valence-electron chi connectivity index (χ4n) is 3.32. The Kier molecular flexibility index (Phi) is 12.3. The van der Waals surface area contributed by atoms with Crippen molar-refractivity contribution < 1.29 is 9.47 Å². The second kappa shape index (κ2) is 13.6. The highest BCUT2D eigenvalue weighted by Gasteiger charge is 2.14. The van der Waals surface area contributed by atoms with Gasteiger partial charge in [0.2, 0.25) is 0 Å². The first-order valence-corrected chi connectivity index (χ1v) is 9.37. The lowest BCUT2D eigenvalue weighted by Gasteiger charge is -2.26. The number of nitrogens with zero attached hydrogens (tertiary/aromatic N) is 1. The molecule has 2 N–H and O–H groups in total. The van der Waals surface area contributed by atoms with Crippen LogP contribution in [0.15, 0.2) is 24.3 Å². The van der Waals surface area contributed by atoms with Gasteiger partial charge in [-0.15, -0.1) is 24.8 Å². The molecule has 0 bridgehead atoms. The van der Waals surface area contributed by atoms with Gasteiger partial charge in [0.05, 0.1) is 19.8 Å². The van der Waals surface area contributed by atoms with Gasteiger partial charge in [0.1, 0.15) is 5.75 Å². The predicted octanol–water partition coefficient (Wildman–Crippen LogP) is 2.47. The molecule has 7 heteroatoms. The fraction of sp³-hybridized carbons (Fsp3) is 0.684. The summed E-state index contributed by atoms with van der Waals surface area (Å²) in [6.45, 7) is 8.95. The molecule has 5 nitrogen and oxygen atoms in total. The summed E-state index contributed by atoms with van der Waals surface area (Å²) >= 11 is 0. The molecule has 2 aliphatic heterocycles. The average molecular weight is 406 g/mol. The average Bonchev–Trinajstić information content (AvgIpc) is 3.15. The van der Waals surface area contributed by atoms with Crippen molar-refractivity contribution >= 4 is 24.8 Å². The van der Waals surface area contributed by atoms with E-state index in [1.807, 2.05) is 0 Å². The second-order valence-corrected chi connectivity index (χ2v) is 6.69. The third-order valence-electron chi connectivity index (χ3n) is 4.84. The largest absolute Gasteiger partial charge is 0.493 e. The van der Waals surface area contributed by atoms with Gasteiger partial charge in [0.25, 0.3) is 0 Å². The van der Waals surface area contributed by atoms with E-state index in [1.54, 1.807) is 0 Å². The third-order valence-corrected chi connectivity index (χ3v) is 4.84. The number of hydrogen-bond acceptors (Lipinski definition) is 5. The van der Waals surface area contributed by atoms with E-state index in [2.05, 4.69) is 39.8 Å². The van der Waals surface area contributed by atoms with Crippen LogP contribution in [0.1, 0.15) is 24.8 Å². The Labute approximate surface area is 170 Å². The van der Waals surface area contributed by atoms with Crippen LogP contribution in [-0.4, -0.2) is 63.5 Å². The Hall–Kier alpha value is -0.560. The molecule has 2 heterocycles. The van der Waals surface area contributed by atoms with Gasteiger partial charge in [-0.2, -0.15) is 0 Å². The second-order valence-electron chi connectivity index (χ2n) is 6.69. The monoisotopic (exact) mass is 405 g/mol. The van der Waals surface area contributed by atoms with Crippen molar-refractivity contribution in [3.63, 3.8) is 0 Å². The van der Waals surface area contributed by atoms with Gasteiger partial charge in [0.15, 0.2) is 0 Å². The molecule has 0 spiro atoms. The maximum Gasteiger partial charge on any atom is 0.123 e. The van der Waals surface area contributed by atoms with Crippen molar-refractivity contribution in [1.29, 1.82) is 0 Å². The summed E-state index contributed by atoms with van der Waals surface area (Å²) in [6.07, 6.45) is 3.50. The van der Waals surface area contributed by atoms with Crippen LogP contribution in [0.5, 0.6) is 5.75 Å². The van der Waals surface area contributed by atoms with Gasteiger partial charge in [-0.25, -0.2) is 0 Å². The molecule has 0 aliphatic carbocycles. The van der Waals surface area contributed by atoms with E-state index in [-0.39, 0.29) is 24.8 Å². The van der Waals surface area contributed by atoms with Crippen LogP contribution in [-0.2, 0) is 11.3 Å². The molecule has 2 aliphatic rings. The molecule has 1 aromatic rings. The molecule has 2 fully saturated rings. The molecule has 2 saturated heterocycles. The molecule has 0 amide bonds. The molecular formula is C19H33Cl2N3O2. The normalized spacial score (nSPS) is 20.2. The van der Waals surface area contributed by atoms with E-state index in [0.29, 0.717) is 6.04 Å². The Morgan fingerprint density at radius 1 is 1.15 bits per heavy atom. The van der Waals surface area contributed by atoms with Gasteiger partial charge in [-0.05, 0) is 38.4 Å². The first kappa shape index (κ1) is 23.5. The fourth-order valence-corrected chi connectivity index (χ4v) is 3.32. The smallest absolute Gasteiger partial charge is 0.123 e. The molecule has 0 saturated carbocycles. The van der Waals surface area contributed by atoms with Crippen LogP contribution >= 0.6 is 24.8 Å². The van der Waals surface area contributed by atoms with Crippen molar-refractivity contribution in [3.05, 3.63) is 29.8 Å². The standard InChI is InChI=1S/C19H31N3O2.2ClH/c1-2-6-19(17(5-1)15-21-18-7-8-20-16-18)24-12-4-3-9-22-10-13-23-14-11-22;;/h1-2,5-6,18,20-21H,3-4,7-16H2;2*1H. The summed E-state index contributed by atoms with van der Waals surface area (Å²) in [5.74, 6) is 1.03. The summed E-state index contributed by atoms with van der Waals surface area (Å²) < 4.78 is 11.4.